The average Bonchev–Trinajstić information content (AvgIpc) is 3.61. The van der Waals surface area contributed by atoms with Crippen molar-refractivity contribution in [2.24, 2.45) is 18.4 Å². The number of aryl methyl sites for hydroxylation is 1. The molecule has 3 aromatic rings. The summed E-state index contributed by atoms with van der Waals surface area (Å²) >= 11 is 6.54. The van der Waals surface area contributed by atoms with Gasteiger partial charge in [0.1, 0.15) is 11.6 Å². The van der Waals surface area contributed by atoms with Crippen LogP contribution in [0.4, 0.5) is 0 Å². The first-order valence-electron chi connectivity index (χ1n) is 12.8. The van der Waals surface area contributed by atoms with Crippen LogP contribution in [-0.2, 0) is 24.8 Å². The van der Waals surface area contributed by atoms with E-state index in [1.54, 1.807) is 0 Å². The van der Waals surface area contributed by atoms with Gasteiger partial charge < -0.3 is 14.6 Å². The molecule has 192 valence electrons. The molecule has 1 aliphatic carbocycles. The maximum absolute atomic E-state index is 13.0. The number of hydrogen-bond donors (Lipinski definition) is 1. The number of benzene rings is 2. The average molecular weight is 510 g/mol. The van der Waals surface area contributed by atoms with Crippen molar-refractivity contribution < 1.29 is 14.3 Å². The highest BCUT2D eigenvalue weighted by Gasteiger charge is 2.24. The van der Waals surface area contributed by atoms with Gasteiger partial charge in [0, 0.05) is 42.9 Å². The van der Waals surface area contributed by atoms with Crippen LogP contribution in [0.25, 0.3) is 11.0 Å². The normalized spacial score (nSPS) is 13.7. The molecular weight excluding hydrogens is 474 g/mol. The summed E-state index contributed by atoms with van der Waals surface area (Å²) in [6.45, 7) is 8.54. The minimum absolute atomic E-state index is 0.00179. The van der Waals surface area contributed by atoms with Crippen molar-refractivity contribution in [1.29, 1.82) is 0 Å². The first-order chi connectivity index (χ1) is 17.1. The van der Waals surface area contributed by atoms with Crippen molar-refractivity contribution in [2.45, 2.75) is 66.3 Å². The molecule has 1 aliphatic rings. The van der Waals surface area contributed by atoms with Crippen LogP contribution in [-0.4, -0.2) is 27.8 Å². The lowest BCUT2D eigenvalue weighted by Gasteiger charge is -2.18. The van der Waals surface area contributed by atoms with Crippen molar-refractivity contribution in [3.8, 4) is 5.75 Å². The summed E-state index contributed by atoms with van der Waals surface area (Å²) in [4.78, 5) is 30.1. The smallest absolute Gasteiger partial charge is 0.225 e. The van der Waals surface area contributed by atoms with Gasteiger partial charge >= 0.3 is 0 Å². The number of fused-ring (bicyclic) bond motifs is 1. The molecular formula is C29H36ClN3O3. The highest BCUT2D eigenvalue weighted by molar-refractivity contribution is 6.31. The molecule has 0 spiro atoms. The van der Waals surface area contributed by atoms with E-state index in [1.165, 1.54) is 12.8 Å². The zero-order valence-electron chi connectivity index (χ0n) is 21.9. The van der Waals surface area contributed by atoms with Gasteiger partial charge in [-0.15, -0.1) is 0 Å². The Labute approximate surface area is 218 Å². The van der Waals surface area contributed by atoms with E-state index in [-0.39, 0.29) is 11.7 Å². The van der Waals surface area contributed by atoms with E-state index in [4.69, 9.17) is 21.3 Å². The van der Waals surface area contributed by atoms with Gasteiger partial charge in [-0.25, -0.2) is 4.98 Å². The molecule has 0 atom stereocenters. The number of amides is 1. The largest absolute Gasteiger partial charge is 0.493 e. The highest BCUT2D eigenvalue weighted by Crippen LogP contribution is 2.35. The Morgan fingerprint density at radius 1 is 1.19 bits per heavy atom. The molecule has 36 heavy (non-hydrogen) atoms. The number of ketones is 1. The van der Waals surface area contributed by atoms with E-state index < -0.39 is 5.41 Å². The van der Waals surface area contributed by atoms with Gasteiger partial charge in [-0.1, -0.05) is 57.3 Å². The fraction of sp³-hybridized carbons (Fsp3) is 0.483. The molecule has 1 heterocycles. The monoisotopic (exact) mass is 509 g/mol. The number of hydrogen-bond acceptors (Lipinski definition) is 4. The van der Waals surface area contributed by atoms with Gasteiger partial charge in [-0.05, 0) is 42.5 Å². The molecule has 2 aromatic carbocycles. The number of aromatic nitrogens is 2. The van der Waals surface area contributed by atoms with E-state index in [0.29, 0.717) is 48.2 Å². The number of nitrogens with one attached hydrogen (secondary N) is 1. The number of halogens is 1. The van der Waals surface area contributed by atoms with Crippen LogP contribution in [0.3, 0.4) is 0 Å². The van der Waals surface area contributed by atoms with Crippen molar-refractivity contribution in [3.63, 3.8) is 0 Å². The summed E-state index contributed by atoms with van der Waals surface area (Å²) < 4.78 is 7.89. The van der Waals surface area contributed by atoms with Crippen LogP contribution in [0.5, 0.6) is 5.75 Å². The summed E-state index contributed by atoms with van der Waals surface area (Å²) in [5.41, 5.74) is 3.77. The SMILES string of the molecule is CCOc1cc2c(cc1C(=O)CCC1CC1)nc(Cc1cc(CNC(=O)C(C)(C)C)ccc1Cl)n2C. The summed E-state index contributed by atoms with van der Waals surface area (Å²) in [6, 6.07) is 9.61. The zero-order valence-corrected chi connectivity index (χ0v) is 22.7. The lowest BCUT2D eigenvalue weighted by atomic mass is 9.95. The summed E-state index contributed by atoms with van der Waals surface area (Å²) in [6.07, 6.45) is 4.49. The standard InChI is InChI=1S/C29H36ClN3O3/c1-6-36-26-16-24-23(15-21(26)25(34)12-10-18-7-8-18)32-27(33(24)5)14-20-13-19(9-11-22(20)30)17-31-28(35)29(2,3)4/h9,11,13,15-16,18H,6-8,10,12,14,17H2,1-5H3,(H,31,35). The van der Waals surface area contributed by atoms with E-state index >= 15 is 0 Å². The molecule has 1 N–H and O–H groups in total. The number of rotatable bonds is 10. The molecule has 1 fully saturated rings. The van der Waals surface area contributed by atoms with Gasteiger partial charge in [0.25, 0.3) is 0 Å². The first kappa shape index (κ1) is 26.2. The molecule has 4 rings (SSSR count). The Balaban J connectivity index is 1.59. The van der Waals surface area contributed by atoms with Gasteiger partial charge in [0.05, 0.1) is 23.2 Å². The fourth-order valence-electron chi connectivity index (χ4n) is 4.29. The van der Waals surface area contributed by atoms with Crippen molar-refractivity contribution in [1.82, 2.24) is 14.9 Å². The maximum Gasteiger partial charge on any atom is 0.225 e. The Morgan fingerprint density at radius 3 is 2.61 bits per heavy atom. The Hall–Kier alpha value is -2.86. The van der Waals surface area contributed by atoms with Gasteiger partial charge in [0.15, 0.2) is 5.78 Å². The van der Waals surface area contributed by atoms with Crippen molar-refractivity contribution in [3.05, 3.63) is 57.9 Å². The van der Waals surface area contributed by atoms with E-state index in [0.717, 1.165) is 34.4 Å². The number of carbonyl (C=O) groups is 2. The lowest BCUT2D eigenvalue weighted by Crippen LogP contribution is -2.34. The quantitative estimate of drug-likeness (QED) is 0.328. The molecule has 1 aromatic heterocycles. The second-order valence-electron chi connectivity index (χ2n) is 10.8. The van der Waals surface area contributed by atoms with Crippen LogP contribution < -0.4 is 10.1 Å². The van der Waals surface area contributed by atoms with E-state index in [2.05, 4.69) is 5.32 Å². The molecule has 0 saturated heterocycles. The molecule has 1 amide bonds. The molecule has 0 radical (unpaired) electrons. The number of imidazole rings is 1. The Kier molecular flexibility index (Phi) is 7.74. The number of ether oxygens (including phenoxy) is 1. The minimum atomic E-state index is -0.444. The van der Waals surface area contributed by atoms with Crippen molar-refractivity contribution in [2.75, 3.05) is 6.61 Å². The molecule has 0 unspecified atom stereocenters. The third-order valence-corrected chi connectivity index (χ3v) is 7.11. The number of carbonyl (C=O) groups excluding carboxylic acids is 2. The molecule has 0 aliphatic heterocycles. The van der Waals surface area contributed by atoms with Gasteiger partial charge in [0.2, 0.25) is 5.91 Å². The molecule has 6 nitrogen and oxygen atoms in total. The minimum Gasteiger partial charge on any atom is -0.493 e. The van der Waals surface area contributed by atoms with Crippen LogP contribution in [0, 0.1) is 11.3 Å². The molecule has 0 bridgehead atoms. The summed E-state index contributed by atoms with van der Waals surface area (Å²) in [7, 11) is 1.97. The predicted octanol–water partition coefficient (Wildman–Crippen LogP) is 6.25. The summed E-state index contributed by atoms with van der Waals surface area (Å²) in [5, 5.41) is 3.64. The zero-order chi connectivity index (χ0) is 26.0. The second-order valence-corrected chi connectivity index (χ2v) is 11.2. The topological polar surface area (TPSA) is 73.2 Å². The lowest BCUT2D eigenvalue weighted by molar-refractivity contribution is -0.128. The number of nitrogens with zero attached hydrogens (tertiary/aromatic N) is 2. The van der Waals surface area contributed by atoms with Gasteiger partial charge in [-0.3, -0.25) is 9.59 Å². The highest BCUT2D eigenvalue weighted by atomic mass is 35.5. The fourth-order valence-corrected chi connectivity index (χ4v) is 4.47. The van der Waals surface area contributed by atoms with Gasteiger partial charge in [-0.2, -0.15) is 0 Å². The van der Waals surface area contributed by atoms with Crippen LogP contribution in [0.1, 0.15) is 80.7 Å². The Morgan fingerprint density at radius 2 is 1.94 bits per heavy atom. The molecule has 7 heteroatoms. The number of Topliss-reactive ketones (excluding diaryl/α,β-unsaturated/α-hetero) is 1. The van der Waals surface area contributed by atoms with Crippen LogP contribution in [0.2, 0.25) is 5.02 Å². The maximum atomic E-state index is 13.0. The molecule has 1 saturated carbocycles. The predicted molar refractivity (Wildman–Crippen MR) is 144 cm³/mol. The second kappa shape index (κ2) is 10.6. The third-order valence-electron chi connectivity index (χ3n) is 6.74. The Bertz CT molecular complexity index is 1290. The van der Waals surface area contributed by atoms with Crippen LogP contribution in [0.15, 0.2) is 30.3 Å². The van der Waals surface area contributed by atoms with E-state index in [1.807, 2.05) is 69.6 Å². The first-order valence-corrected chi connectivity index (χ1v) is 13.2. The van der Waals surface area contributed by atoms with Crippen LogP contribution >= 0.6 is 11.6 Å². The van der Waals surface area contributed by atoms with E-state index in [9.17, 15) is 9.59 Å². The third kappa shape index (κ3) is 6.09. The van der Waals surface area contributed by atoms with Crippen molar-refractivity contribution >= 4 is 34.3 Å². The summed E-state index contributed by atoms with van der Waals surface area (Å²) in [5.74, 6) is 2.29.